The molecule has 5 heteroatoms. The van der Waals surface area contributed by atoms with Crippen LogP contribution in [0.4, 0.5) is 5.82 Å². The first-order valence-corrected chi connectivity index (χ1v) is 7.92. The molecule has 0 saturated carbocycles. The molecule has 0 fully saturated rings. The van der Waals surface area contributed by atoms with E-state index in [0.717, 1.165) is 34.0 Å². The summed E-state index contributed by atoms with van der Waals surface area (Å²) in [5.41, 5.74) is 1.07. The van der Waals surface area contributed by atoms with Gasteiger partial charge >= 0.3 is 0 Å². The highest BCUT2D eigenvalue weighted by Gasteiger charge is 2.04. The van der Waals surface area contributed by atoms with Gasteiger partial charge in [0.05, 0.1) is 5.75 Å². The summed E-state index contributed by atoms with van der Waals surface area (Å²) in [6.07, 6.45) is 0.924. The van der Waals surface area contributed by atoms with Crippen LogP contribution in [0.1, 0.15) is 18.4 Å². The molecule has 1 aromatic heterocycles. The second kappa shape index (κ2) is 6.91. The topological polar surface area (TPSA) is 37.8 Å². The zero-order valence-electron chi connectivity index (χ0n) is 11.0. The minimum atomic E-state index is 0.782. The number of thioether (sulfide) groups is 1. The minimum absolute atomic E-state index is 0.782. The van der Waals surface area contributed by atoms with Crippen molar-refractivity contribution in [3.05, 3.63) is 46.3 Å². The third kappa shape index (κ3) is 4.21. The Bertz CT molecular complexity index is 521. The van der Waals surface area contributed by atoms with Gasteiger partial charge < -0.3 is 5.32 Å². The number of aromatic nitrogens is 2. The lowest BCUT2D eigenvalue weighted by Gasteiger charge is -2.06. The van der Waals surface area contributed by atoms with E-state index in [9.17, 15) is 0 Å². The van der Waals surface area contributed by atoms with Crippen molar-refractivity contribution in [3.8, 4) is 0 Å². The molecule has 1 N–H and O–H groups in total. The van der Waals surface area contributed by atoms with Crippen molar-refractivity contribution in [2.45, 2.75) is 24.0 Å². The Kier molecular flexibility index (Phi) is 5.22. The lowest BCUT2D eigenvalue weighted by molar-refractivity contribution is 0.941. The minimum Gasteiger partial charge on any atom is -0.373 e. The van der Waals surface area contributed by atoms with Gasteiger partial charge in [-0.3, -0.25) is 0 Å². The number of nitrogens with zero attached hydrogens (tertiary/aromatic N) is 2. The first-order valence-electron chi connectivity index (χ1n) is 6.14. The molecule has 0 unspecified atom stereocenters. The molecule has 0 radical (unpaired) electrons. The van der Waals surface area contributed by atoms with E-state index in [1.807, 2.05) is 25.2 Å². The van der Waals surface area contributed by atoms with Crippen LogP contribution in [-0.4, -0.2) is 17.0 Å². The number of benzene rings is 1. The smallest absolute Gasteiger partial charge is 0.141 e. The van der Waals surface area contributed by atoms with Crippen LogP contribution in [-0.2, 0) is 12.2 Å². The average Bonchev–Trinajstić information content (AvgIpc) is 2.46. The molecule has 3 nitrogen and oxygen atoms in total. The van der Waals surface area contributed by atoms with Crippen molar-refractivity contribution in [1.29, 1.82) is 0 Å². The number of halogens is 1. The maximum Gasteiger partial charge on any atom is 0.141 e. The van der Waals surface area contributed by atoms with Crippen molar-refractivity contribution in [3.63, 3.8) is 0 Å². The lowest BCUT2D eigenvalue weighted by atomic mass is 10.3. The number of nitrogens with one attached hydrogen (secondary N) is 1. The Labute approximate surface area is 126 Å². The van der Waals surface area contributed by atoms with E-state index in [0.29, 0.717) is 0 Å². The molecule has 0 spiro atoms. The molecule has 0 amide bonds. The molecule has 0 aliphatic heterocycles. The fourth-order valence-electron chi connectivity index (χ4n) is 1.60. The summed E-state index contributed by atoms with van der Waals surface area (Å²) in [6, 6.07) is 10.3. The summed E-state index contributed by atoms with van der Waals surface area (Å²) in [4.78, 5) is 10.3. The third-order valence-electron chi connectivity index (χ3n) is 2.63. The molecule has 0 aliphatic rings. The van der Waals surface area contributed by atoms with Crippen LogP contribution < -0.4 is 5.32 Å². The van der Waals surface area contributed by atoms with E-state index in [1.54, 1.807) is 11.8 Å². The van der Waals surface area contributed by atoms with Crippen LogP contribution in [0, 0.1) is 0 Å². The summed E-state index contributed by atoms with van der Waals surface area (Å²) >= 11 is 5.18. The normalized spacial score (nSPS) is 10.5. The Morgan fingerprint density at radius 2 is 1.95 bits per heavy atom. The van der Waals surface area contributed by atoms with Gasteiger partial charge in [-0.25, -0.2) is 9.97 Å². The second-order valence-corrected chi connectivity index (χ2v) is 5.97. The highest BCUT2D eigenvalue weighted by Crippen LogP contribution is 2.23. The van der Waals surface area contributed by atoms with Gasteiger partial charge in [-0.15, -0.1) is 11.8 Å². The SMILES string of the molecule is CCc1cc(NC)nc(CSc2ccc(Br)cc2)n1. The molecule has 19 heavy (non-hydrogen) atoms. The molecule has 1 aromatic carbocycles. The number of anilines is 1. The standard InChI is InChI=1S/C14H16BrN3S/c1-3-11-8-13(16-2)18-14(17-11)9-19-12-6-4-10(15)5-7-12/h4-8H,3,9H2,1-2H3,(H,16,17,18). The predicted octanol–water partition coefficient (Wildman–Crippen LogP) is 4.14. The summed E-state index contributed by atoms with van der Waals surface area (Å²) in [5.74, 6) is 2.54. The zero-order valence-corrected chi connectivity index (χ0v) is 13.4. The van der Waals surface area contributed by atoms with Crippen molar-refractivity contribution < 1.29 is 0 Å². The highest BCUT2D eigenvalue weighted by atomic mass is 79.9. The number of rotatable bonds is 5. The van der Waals surface area contributed by atoms with E-state index in [4.69, 9.17) is 0 Å². The third-order valence-corrected chi connectivity index (χ3v) is 4.16. The summed E-state index contributed by atoms with van der Waals surface area (Å²) < 4.78 is 1.10. The molecule has 0 bridgehead atoms. The summed E-state index contributed by atoms with van der Waals surface area (Å²) in [6.45, 7) is 2.10. The van der Waals surface area contributed by atoms with Crippen LogP contribution in [0.25, 0.3) is 0 Å². The van der Waals surface area contributed by atoms with Gasteiger partial charge in [0, 0.05) is 28.2 Å². The Morgan fingerprint density at radius 1 is 1.21 bits per heavy atom. The molecule has 0 aliphatic carbocycles. The van der Waals surface area contributed by atoms with Crippen molar-refractivity contribution >= 4 is 33.5 Å². The average molecular weight is 338 g/mol. The fourth-order valence-corrected chi connectivity index (χ4v) is 2.62. The van der Waals surface area contributed by atoms with E-state index in [2.05, 4.69) is 50.3 Å². The van der Waals surface area contributed by atoms with Gasteiger partial charge in [0.2, 0.25) is 0 Å². The Balaban J connectivity index is 2.08. The molecular weight excluding hydrogens is 322 g/mol. The van der Waals surface area contributed by atoms with E-state index in [-0.39, 0.29) is 0 Å². The predicted molar refractivity (Wildman–Crippen MR) is 84.7 cm³/mol. The largest absolute Gasteiger partial charge is 0.373 e. The maximum absolute atomic E-state index is 4.55. The second-order valence-electron chi connectivity index (χ2n) is 4.01. The molecule has 0 saturated heterocycles. The summed E-state index contributed by atoms with van der Waals surface area (Å²) in [5, 5.41) is 3.08. The first-order chi connectivity index (χ1) is 9.21. The molecule has 0 atom stereocenters. The van der Waals surface area contributed by atoms with Gasteiger partial charge in [0.15, 0.2) is 0 Å². The number of hydrogen-bond donors (Lipinski definition) is 1. The highest BCUT2D eigenvalue weighted by molar-refractivity contribution is 9.10. The van der Waals surface area contributed by atoms with Gasteiger partial charge in [-0.2, -0.15) is 0 Å². The van der Waals surface area contributed by atoms with Crippen molar-refractivity contribution in [2.24, 2.45) is 0 Å². The molecule has 2 aromatic rings. The van der Waals surface area contributed by atoms with Crippen molar-refractivity contribution in [2.75, 3.05) is 12.4 Å². The molecule has 2 rings (SSSR count). The van der Waals surface area contributed by atoms with Crippen molar-refractivity contribution in [1.82, 2.24) is 9.97 Å². The van der Waals surface area contributed by atoms with Crippen LogP contribution in [0.2, 0.25) is 0 Å². The monoisotopic (exact) mass is 337 g/mol. The van der Waals surface area contributed by atoms with Crippen LogP contribution >= 0.6 is 27.7 Å². The number of hydrogen-bond acceptors (Lipinski definition) is 4. The zero-order chi connectivity index (χ0) is 13.7. The number of aryl methyl sites for hydroxylation is 1. The first kappa shape index (κ1) is 14.3. The van der Waals surface area contributed by atoms with Gasteiger partial charge in [-0.05, 0) is 30.7 Å². The van der Waals surface area contributed by atoms with E-state index in [1.165, 1.54) is 4.90 Å². The van der Waals surface area contributed by atoms with Gasteiger partial charge in [0.1, 0.15) is 11.6 Å². The van der Waals surface area contributed by atoms with Crippen LogP contribution in [0.5, 0.6) is 0 Å². The Hall–Kier alpha value is -1.07. The quantitative estimate of drug-likeness (QED) is 0.832. The molecular formula is C14H16BrN3S. The fraction of sp³-hybridized carbons (Fsp3) is 0.286. The molecule has 1 heterocycles. The van der Waals surface area contributed by atoms with Crippen LogP contribution in [0.15, 0.2) is 39.7 Å². The van der Waals surface area contributed by atoms with E-state index < -0.39 is 0 Å². The van der Waals surface area contributed by atoms with Gasteiger partial charge in [-0.1, -0.05) is 22.9 Å². The van der Waals surface area contributed by atoms with Crippen LogP contribution in [0.3, 0.4) is 0 Å². The summed E-state index contributed by atoms with van der Waals surface area (Å²) in [7, 11) is 1.88. The van der Waals surface area contributed by atoms with Gasteiger partial charge in [0.25, 0.3) is 0 Å². The Morgan fingerprint density at radius 3 is 2.58 bits per heavy atom. The molecule has 100 valence electrons. The lowest BCUT2D eigenvalue weighted by Crippen LogP contribution is -2.02. The maximum atomic E-state index is 4.55. The van der Waals surface area contributed by atoms with E-state index >= 15 is 0 Å².